The SMILES string of the molecule is COc1ccc(-c2nc(CSc3nc(C)c(C)c(C)n3)no2)cc1. The van der Waals surface area contributed by atoms with E-state index in [0.29, 0.717) is 17.5 Å². The average molecular weight is 342 g/mol. The second-order valence-electron chi connectivity index (χ2n) is 5.33. The van der Waals surface area contributed by atoms with Gasteiger partial charge < -0.3 is 9.26 Å². The maximum Gasteiger partial charge on any atom is 0.257 e. The average Bonchev–Trinajstić information content (AvgIpc) is 3.07. The summed E-state index contributed by atoms with van der Waals surface area (Å²) in [4.78, 5) is 13.4. The summed E-state index contributed by atoms with van der Waals surface area (Å²) in [6.45, 7) is 6.01. The molecule has 2 heterocycles. The lowest BCUT2D eigenvalue weighted by Crippen LogP contribution is -1.98. The number of methoxy groups -OCH3 is 1. The van der Waals surface area contributed by atoms with Crippen LogP contribution in [0.4, 0.5) is 0 Å². The molecule has 3 rings (SSSR count). The van der Waals surface area contributed by atoms with Crippen LogP contribution in [0.2, 0.25) is 0 Å². The van der Waals surface area contributed by atoms with Gasteiger partial charge in [0.25, 0.3) is 5.89 Å². The molecule has 6 nitrogen and oxygen atoms in total. The van der Waals surface area contributed by atoms with Crippen LogP contribution >= 0.6 is 11.8 Å². The van der Waals surface area contributed by atoms with Gasteiger partial charge in [-0.1, -0.05) is 16.9 Å². The van der Waals surface area contributed by atoms with E-state index in [1.165, 1.54) is 11.8 Å². The van der Waals surface area contributed by atoms with E-state index < -0.39 is 0 Å². The van der Waals surface area contributed by atoms with Crippen LogP contribution in [-0.2, 0) is 5.75 Å². The molecule has 0 fully saturated rings. The Labute approximate surface area is 144 Å². The molecular formula is C17H18N4O2S. The van der Waals surface area contributed by atoms with E-state index in [4.69, 9.17) is 9.26 Å². The number of thioether (sulfide) groups is 1. The number of rotatable bonds is 5. The zero-order valence-electron chi connectivity index (χ0n) is 14.0. The number of hydrogen-bond donors (Lipinski definition) is 0. The highest BCUT2D eigenvalue weighted by Gasteiger charge is 2.11. The van der Waals surface area contributed by atoms with Crippen molar-refractivity contribution < 1.29 is 9.26 Å². The molecule has 0 saturated heterocycles. The molecule has 0 spiro atoms. The molecular weight excluding hydrogens is 324 g/mol. The fourth-order valence-corrected chi connectivity index (χ4v) is 2.88. The van der Waals surface area contributed by atoms with Crippen LogP contribution in [0.3, 0.4) is 0 Å². The molecule has 24 heavy (non-hydrogen) atoms. The summed E-state index contributed by atoms with van der Waals surface area (Å²) in [5, 5.41) is 4.75. The Hall–Kier alpha value is -2.41. The minimum atomic E-state index is 0.491. The normalized spacial score (nSPS) is 10.8. The van der Waals surface area contributed by atoms with Crippen molar-refractivity contribution in [3.05, 3.63) is 47.0 Å². The van der Waals surface area contributed by atoms with Gasteiger partial charge in [-0.05, 0) is 50.6 Å². The Kier molecular flexibility index (Phi) is 4.80. The summed E-state index contributed by atoms with van der Waals surface area (Å²) in [6, 6.07) is 7.50. The topological polar surface area (TPSA) is 73.9 Å². The molecule has 124 valence electrons. The number of nitrogens with zero attached hydrogens (tertiary/aromatic N) is 4. The third-order valence-electron chi connectivity index (χ3n) is 3.75. The Morgan fingerprint density at radius 2 is 1.67 bits per heavy atom. The molecule has 0 N–H and O–H groups in total. The molecule has 0 radical (unpaired) electrons. The van der Waals surface area contributed by atoms with Gasteiger partial charge >= 0.3 is 0 Å². The second-order valence-corrected chi connectivity index (χ2v) is 6.28. The smallest absolute Gasteiger partial charge is 0.257 e. The Morgan fingerprint density at radius 1 is 1.00 bits per heavy atom. The fourth-order valence-electron chi connectivity index (χ4n) is 2.10. The summed E-state index contributed by atoms with van der Waals surface area (Å²) in [5.74, 6) is 2.45. The largest absolute Gasteiger partial charge is 0.497 e. The number of ether oxygens (including phenoxy) is 1. The van der Waals surface area contributed by atoms with Gasteiger partial charge in [0.1, 0.15) is 5.75 Å². The van der Waals surface area contributed by atoms with Crippen LogP contribution in [0, 0.1) is 20.8 Å². The standard InChI is InChI=1S/C17H18N4O2S/c1-10-11(2)18-17(19-12(10)3)24-9-15-20-16(23-21-15)13-5-7-14(22-4)8-6-13/h5-8H,9H2,1-4H3. The molecule has 2 aromatic heterocycles. The Balaban J connectivity index is 1.70. The zero-order valence-corrected chi connectivity index (χ0v) is 14.8. The van der Waals surface area contributed by atoms with Gasteiger partial charge in [0.05, 0.1) is 12.9 Å². The van der Waals surface area contributed by atoms with Crippen molar-refractivity contribution in [1.82, 2.24) is 20.1 Å². The van der Waals surface area contributed by atoms with Crippen molar-refractivity contribution in [2.24, 2.45) is 0 Å². The Bertz CT molecular complexity index is 823. The summed E-state index contributed by atoms with van der Waals surface area (Å²) in [7, 11) is 1.63. The summed E-state index contributed by atoms with van der Waals surface area (Å²) < 4.78 is 10.5. The minimum absolute atomic E-state index is 0.491. The molecule has 0 unspecified atom stereocenters. The van der Waals surface area contributed by atoms with Crippen molar-refractivity contribution in [1.29, 1.82) is 0 Å². The molecule has 0 atom stereocenters. The molecule has 0 aliphatic rings. The van der Waals surface area contributed by atoms with Crippen molar-refractivity contribution in [3.8, 4) is 17.2 Å². The minimum Gasteiger partial charge on any atom is -0.497 e. The lowest BCUT2D eigenvalue weighted by atomic mass is 10.2. The first-order valence-electron chi connectivity index (χ1n) is 7.48. The lowest BCUT2D eigenvalue weighted by Gasteiger charge is -2.05. The van der Waals surface area contributed by atoms with Gasteiger partial charge in [-0.25, -0.2) is 9.97 Å². The van der Waals surface area contributed by atoms with Crippen molar-refractivity contribution in [2.45, 2.75) is 31.7 Å². The van der Waals surface area contributed by atoms with Gasteiger partial charge in [0, 0.05) is 17.0 Å². The van der Waals surface area contributed by atoms with E-state index in [1.807, 2.05) is 45.0 Å². The van der Waals surface area contributed by atoms with Crippen molar-refractivity contribution >= 4 is 11.8 Å². The van der Waals surface area contributed by atoms with Crippen molar-refractivity contribution in [2.75, 3.05) is 7.11 Å². The molecule has 0 aliphatic carbocycles. The number of hydrogen-bond acceptors (Lipinski definition) is 7. The summed E-state index contributed by atoms with van der Waals surface area (Å²) in [5.41, 5.74) is 3.98. The molecule has 3 aromatic rings. The summed E-state index contributed by atoms with van der Waals surface area (Å²) in [6.07, 6.45) is 0. The lowest BCUT2D eigenvalue weighted by molar-refractivity contribution is 0.414. The molecule has 0 amide bonds. The van der Waals surface area contributed by atoms with Crippen LogP contribution in [0.15, 0.2) is 33.9 Å². The predicted octanol–water partition coefficient (Wildman–Crippen LogP) is 3.75. The first kappa shape index (κ1) is 16.4. The zero-order chi connectivity index (χ0) is 17.1. The van der Waals surface area contributed by atoms with E-state index in [0.717, 1.165) is 33.4 Å². The van der Waals surface area contributed by atoms with Crippen LogP contribution < -0.4 is 4.74 Å². The number of aromatic nitrogens is 4. The van der Waals surface area contributed by atoms with Gasteiger partial charge in [-0.15, -0.1) is 0 Å². The maximum atomic E-state index is 5.32. The van der Waals surface area contributed by atoms with Crippen LogP contribution in [-0.4, -0.2) is 27.2 Å². The van der Waals surface area contributed by atoms with Crippen LogP contribution in [0.25, 0.3) is 11.5 Å². The molecule has 1 aromatic carbocycles. The number of aryl methyl sites for hydroxylation is 2. The van der Waals surface area contributed by atoms with Gasteiger partial charge in [0.15, 0.2) is 11.0 Å². The van der Waals surface area contributed by atoms with Crippen LogP contribution in [0.1, 0.15) is 22.8 Å². The summed E-state index contributed by atoms with van der Waals surface area (Å²) >= 11 is 1.50. The van der Waals surface area contributed by atoms with Crippen molar-refractivity contribution in [3.63, 3.8) is 0 Å². The quantitative estimate of drug-likeness (QED) is 0.516. The van der Waals surface area contributed by atoms with Crippen LogP contribution in [0.5, 0.6) is 5.75 Å². The van der Waals surface area contributed by atoms with E-state index in [9.17, 15) is 0 Å². The fraction of sp³-hybridized carbons (Fsp3) is 0.294. The van der Waals surface area contributed by atoms with Gasteiger partial charge in [-0.2, -0.15) is 4.98 Å². The molecule has 0 saturated carbocycles. The highest BCUT2D eigenvalue weighted by Crippen LogP contribution is 2.24. The van der Waals surface area contributed by atoms with Gasteiger partial charge in [0.2, 0.25) is 0 Å². The van der Waals surface area contributed by atoms with E-state index >= 15 is 0 Å². The van der Waals surface area contributed by atoms with E-state index in [1.54, 1.807) is 7.11 Å². The van der Waals surface area contributed by atoms with E-state index in [2.05, 4.69) is 20.1 Å². The molecule has 7 heteroatoms. The molecule has 0 bridgehead atoms. The first-order valence-corrected chi connectivity index (χ1v) is 8.47. The highest BCUT2D eigenvalue weighted by atomic mass is 32.2. The van der Waals surface area contributed by atoms with Gasteiger partial charge in [-0.3, -0.25) is 0 Å². The second kappa shape index (κ2) is 7.00. The monoisotopic (exact) mass is 342 g/mol. The number of benzene rings is 1. The third kappa shape index (κ3) is 3.56. The first-order chi connectivity index (χ1) is 11.6. The predicted molar refractivity (Wildman–Crippen MR) is 92.1 cm³/mol. The van der Waals surface area contributed by atoms with E-state index in [-0.39, 0.29) is 0 Å². The maximum absolute atomic E-state index is 5.32. The molecule has 0 aliphatic heterocycles. The Morgan fingerprint density at radius 3 is 2.29 bits per heavy atom. The third-order valence-corrected chi connectivity index (χ3v) is 4.59. The highest BCUT2D eigenvalue weighted by molar-refractivity contribution is 7.98.